The Morgan fingerprint density at radius 3 is 2.92 bits per heavy atom. The van der Waals surface area contributed by atoms with Crippen molar-refractivity contribution in [3.8, 4) is 0 Å². The van der Waals surface area contributed by atoms with Gasteiger partial charge in [-0.1, -0.05) is 18.2 Å². The Labute approximate surface area is 143 Å². The average molecular weight is 346 g/mol. The third kappa shape index (κ3) is 3.88. The number of nitrogens with zero attached hydrogens (tertiary/aromatic N) is 3. The number of carbonyl (C=O) groups excluding carboxylic acids is 1. The molecule has 1 aromatic heterocycles. The number of thiazole rings is 1. The van der Waals surface area contributed by atoms with Crippen molar-refractivity contribution >= 4 is 27.4 Å². The largest absolute Gasteiger partial charge is 0.352 e. The van der Waals surface area contributed by atoms with E-state index in [1.807, 2.05) is 18.2 Å². The fraction of sp³-hybridized carbons (Fsp3) is 0.375. The van der Waals surface area contributed by atoms with E-state index in [1.54, 1.807) is 12.1 Å². The van der Waals surface area contributed by atoms with E-state index in [4.69, 9.17) is 0 Å². The van der Waals surface area contributed by atoms with Gasteiger partial charge in [0, 0.05) is 25.2 Å². The molecular weight excluding hydrogens is 328 g/mol. The highest BCUT2D eigenvalue weighted by molar-refractivity contribution is 7.18. The molecule has 0 saturated carbocycles. The zero-order valence-corrected chi connectivity index (χ0v) is 13.9. The topological polar surface area (TPSA) is 88.4 Å². The minimum absolute atomic E-state index is 0.0597. The predicted octanol–water partition coefficient (Wildman–Crippen LogP) is 2.70. The van der Waals surface area contributed by atoms with E-state index in [0.29, 0.717) is 23.2 Å². The van der Waals surface area contributed by atoms with E-state index < -0.39 is 4.92 Å². The number of nitro groups is 1. The lowest BCUT2D eigenvalue weighted by molar-refractivity contribution is -0.380. The fourth-order valence-corrected chi connectivity index (χ4v) is 3.59. The first kappa shape index (κ1) is 16.4. The van der Waals surface area contributed by atoms with Gasteiger partial charge in [0.15, 0.2) is 5.13 Å². The maximum absolute atomic E-state index is 12.1. The Morgan fingerprint density at radius 2 is 2.21 bits per heavy atom. The summed E-state index contributed by atoms with van der Waals surface area (Å²) in [7, 11) is 0. The van der Waals surface area contributed by atoms with Crippen LogP contribution < -0.4 is 10.2 Å². The van der Waals surface area contributed by atoms with Crippen molar-refractivity contribution in [3.63, 3.8) is 0 Å². The number of aromatic nitrogens is 1. The molecule has 1 fully saturated rings. The molecule has 1 N–H and O–H groups in total. The Hall–Kier alpha value is -2.48. The van der Waals surface area contributed by atoms with Crippen LogP contribution in [0.4, 0.5) is 10.1 Å². The second kappa shape index (κ2) is 7.39. The molecule has 8 heteroatoms. The number of hydrogen-bond donors (Lipinski definition) is 1. The number of benzene rings is 1. The van der Waals surface area contributed by atoms with Gasteiger partial charge in [-0.05, 0) is 42.2 Å². The molecule has 7 nitrogen and oxygen atoms in total. The molecule has 1 saturated heterocycles. The highest BCUT2D eigenvalue weighted by Crippen LogP contribution is 2.31. The Morgan fingerprint density at radius 1 is 1.42 bits per heavy atom. The second-order valence-corrected chi connectivity index (χ2v) is 6.76. The maximum Gasteiger partial charge on any atom is 0.345 e. The van der Waals surface area contributed by atoms with Gasteiger partial charge in [-0.2, -0.15) is 0 Å². The van der Waals surface area contributed by atoms with Gasteiger partial charge < -0.3 is 10.2 Å². The minimum atomic E-state index is -0.414. The molecule has 1 amide bonds. The van der Waals surface area contributed by atoms with Crippen LogP contribution in [0, 0.1) is 16.0 Å². The molecule has 126 valence electrons. The molecule has 1 aromatic carbocycles. The summed E-state index contributed by atoms with van der Waals surface area (Å²) in [5.41, 5.74) is 0.653. The van der Waals surface area contributed by atoms with Crippen LogP contribution in [0.15, 0.2) is 36.5 Å². The van der Waals surface area contributed by atoms with Crippen LogP contribution in [0.1, 0.15) is 23.2 Å². The normalized spacial score (nSPS) is 17.5. The van der Waals surface area contributed by atoms with Gasteiger partial charge in [-0.25, -0.2) is 4.98 Å². The third-order valence-electron chi connectivity index (χ3n) is 4.04. The van der Waals surface area contributed by atoms with Crippen LogP contribution in [-0.2, 0) is 0 Å². The van der Waals surface area contributed by atoms with E-state index in [1.165, 1.54) is 6.20 Å². The smallest absolute Gasteiger partial charge is 0.345 e. The molecule has 0 spiro atoms. The van der Waals surface area contributed by atoms with Gasteiger partial charge in [0.25, 0.3) is 5.91 Å². The second-order valence-electron chi connectivity index (χ2n) is 5.77. The van der Waals surface area contributed by atoms with Crippen molar-refractivity contribution < 1.29 is 9.72 Å². The van der Waals surface area contributed by atoms with Gasteiger partial charge >= 0.3 is 5.00 Å². The summed E-state index contributed by atoms with van der Waals surface area (Å²) in [6.07, 6.45) is 3.32. The molecule has 0 radical (unpaired) electrons. The lowest BCUT2D eigenvalue weighted by atomic mass is 9.98. The first-order valence-corrected chi connectivity index (χ1v) is 8.63. The number of rotatable bonds is 5. The molecule has 1 aliphatic heterocycles. The minimum Gasteiger partial charge on any atom is -0.352 e. The van der Waals surface area contributed by atoms with Crippen LogP contribution in [-0.4, -0.2) is 35.4 Å². The summed E-state index contributed by atoms with van der Waals surface area (Å²) in [5, 5.41) is 14.5. The quantitative estimate of drug-likeness (QED) is 0.664. The number of carbonyl (C=O) groups is 1. The van der Waals surface area contributed by atoms with E-state index in [-0.39, 0.29) is 10.9 Å². The highest BCUT2D eigenvalue weighted by atomic mass is 32.1. The number of hydrogen-bond acceptors (Lipinski definition) is 6. The van der Waals surface area contributed by atoms with E-state index in [2.05, 4.69) is 15.2 Å². The third-order valence-corrected chi connectivity index (χ3v) is 5.05. The predicted molar refractivity (Wildman–Crippen MR) is 92.5 cm³/mol. The first-order chi connectivity index (χ1) is 11.6. The molecule has 2 heterocycles. The molecule has 0 aliphatic carbocycles. The summed E-state index contributed by atoms with van der Waals surface area (Å²) < 4.78 is 0. The van der Waals surface area contributed by atoms with Crippen LogP contribution in [0.5, 0.6) is 0 Å². The number of anilines is 1. The molecule has 1 unspecified atom stereocenters. The zero-order chi connectivity index (χ0) is 16.9. The molecule has 1 aliphatic rings. The van der Waals surface area contributed by atoms with Gasteiger partial charge in [-0.3, -0.25) is 14.9 Å². The summed E-state index contributed by atoms with van der Waals surface area (Å²) in [6, 6.07) is 9.14. The van der Waals surface area contributed by atoms with Crippen LogP contribution >= 0.6 is 11.3 Å². The molecular formula is C16H18N4O3S. The van der Waals surface area contributed by atoms with E-state index in [0.717, 1.165) is 37.3 Å². The van der Waals surface area contributed by atoms with E-state index >= 15 is 0 Å². The van der Waals surface area contributed by atoms with Crippen LogP contribution in [0.25, 0.3) is 0 Å². The van der Waals surface area contributed by atoms with Crippen molar-refractivity contribution in [2.24, 2.45) is 5.92 Å². The zero-order valence-electron chi connectivity index (χ0n) is 13.1. The molecule has 1 atom stereocenters. The van der Waals surface area contributed by atoms with Crippen LogP contribution in [0.3, 0.4) is 0 Å². The summed E-state index contributed by atoms with van der Waals surface area (Å²) in [6.45, 7) is 2.19. The van der Waals surface area contributed by atoms with Crippen molar-refractivity contribution in [1.29, 1.82) is 0 Å². The van der Waals surface area contributed by atoms with Gasteiger partial charge in [0.1, 0.15) is 6.20 Å². The van der Waals surface area contributed by atoms with Crippen molar-refractivity contribution in [2.75, 3.05) is 24.5 Å². The van der Waals surface area contributed by atoms with E-state index in [9.17, 15) is 14.9 Å². The standard InChI is InChI=1S/C16H18N4O3S/c21-15(13-6-2-1-3-7-13)17-9-12-5-4-8-19(11-12)16-18-10-14(24-16)20(22)23/h1-3,6-7,10,12H,4-5,8-9,11H2,(H,17,21). The summed E-state index contributed by atoms with van der Waals surface area (Å²) in [4.78, 5) is 28.7. The first-order valence-electron chi connectivity index (χ1n) is 7.82. The average Bonchev–Trinajstić information content (AvgIpc) is 3.11. The SMILES string of the molecule is O=C(NCC1CCCN(c2ncc([N+](=O)[O-])s2)C1)c1ccccc1. The van der Waals surface area contributed by atoms with Crippen LogP contribution in [0.2, 0.25) is 0 Å². The van der Waals surface area contributed by atoms with Crippen molar-refractivity contribution in [2.45, 2.75) is 12.8 Å². The monoisotopic (exact) mass is 346 g/mol. The summed E-state index contributed by atoms with van der Waals surface area (Å²) >= 11 is 1.10. The lowest BCUT2D eigenvalue weighted by Crippen LogP contribution is -2.41. The maximum atomic E-state index is 12.1. The number of nitrogens with one attached hydrogen (secondary N) is 1. The summed E-state index contributed by atoms with van der Waals surface area (Å²) in [5.74, 6) is 0.243. The van der Waals surface area contributed by atoms with Crippen molar-refractivity contribution in [1.82, 2.24) is 10.3 Å². The fourth-order valence-electron chi connectivity index (χ4n) is 2.82. The highest BCUT2D eigenvalue weighted by Gasteiger charge is 2.24. The molecule has 0 bridgehead atoms. The number of amides is 1. The Bertz CT molecular complexity index is 719. The van der Waals surface area contributed by atoms with Gasteiger partial charge in [0.05, 0.1) is 4.92 Å². The molecule has 2 aromatic rings. The Balaban J connectivity index is 1.55. The Kier molecular flexibility index (Phi) is 5.05. The van der Waals surface area contributed by atoms with Gasteiger partial charge in [-0.15, -0.1) is 0 Å². The van der Waals surface area contributed by atoms with Gasteiger partial charge in [0.2, 0.25) is 0 Å². The number of piperidine rings is 1. The van der Waals surface area contributed by atoms with Crippen molar-refractivity contribution in [3.05, 3.63) is 52.2 Å². The molecule has 3 rings (SSSR count). The molecule has 24 heavy (non-hydrogen) atoms. The lowest BCUT2D eigenvalue weighted by Gasteiger charge is -2.32.